The molecule has 0 spiro atoms. The first-order valence-electron chi connectivity index (χ1n) is 8.76. The van der Waals surface area contributed by atoms with Crippen LogP contribution in [0.1, 0.15) is 51.0 Å². The summed E-state index contributed by atoms with van der Waals surface area (Å²) in [5.41, 5.74) is 0.827. The number of carbonyl (C=O) groups is 2. The summed E-state index contributed by atoms with van der Waals surface area (Å²) in [7, 11) is 0. The highest BCUT2D eigenvalue weighted by molar-refractivity contribution is 5.84. The van der Waals surface area contributed by atoms with Crippen LogP contribution in [0, 0.1) is 0 Å². The third-order valence-electron chi connectivity index (χ3n) is 4.72. The van der Waals surface area contributed by atoms with Gasteiger partial charge in [-0.1, -0.05) is 6.07 Å². The van der Waals surface area contributed by atoms with Crippen LogP contribution >= 0.6 is 0 Å². The van der Waals surface area contributed by atoms with Crippen LogP contribution in [0.3, 0.4) is 0 Å². The van der Waals surface area contributed by atoms with Crippen LogP contribution in [-0.2, 0) is 21.7 Å². The van der Waals surface area contributed by atoms with E-state index >= 15 is 0 Å². The van der Waals surface area contributed by atoms with Gasteiger partial charge in [-0.25, -0.2) is 9.67 Å². The van der Waals surface area contributed by atoms with Crippen LogP contribution in [0.4, 0.5) is 0 Å². The number of hydrogen-bond donors (Lipinski definition) is 1. The molecule has 0 radical (unpaired) electrons. The first-order valence-corrected chi connectivity index (χ1v) is 8.76. The minimum atomic E-state index is -0.813. The number of hydrogen-bond acceptors (Lipinski definition) is 5. The quantitative estimate of drug-likeness (QED) is 0.874. The molecule has 1 atom stereocenters. The van der Waals surface area contributed by atoms with Gasteiger partial charge in [0.15, 0.2) is 0 Å². The predicted octanol–water partition coefficient (Wildman–Crippen LogP) is 1.41. The molecule has 3 rings (SSSR count). The van der Waals surface area contributed by atoms with Gasteiger partial charge in [0.2, 0.25) is 5.91 Å². The van der Waals surface area contributed by atoms with Gasteiger partial charge in [-0.3, -0.25) is 14.6 Å². The lowest BCUT2D eigenvalue weighted by Crippen LogP contribution is -2.47. The van der Waals surface area contributed by atoms with E-state index in [1.54, 1.807) is 11.0 Å². The number of aromatic nitrogens is 4. The SMILES string of the molecule is CC(=O)NCc1cccc(C2CCCN2C(=O)C(C)(C)n2cncn2)n1. The Kier molecular flexibility index (Phi) is 5.01. The molecule has 1 saturated heterocycles. The minimum absolute atomic E-state index is 0.000404. The Hall–Kier alpha value is -2.77. The van der Waals surface area contributed by atoms with E-state index in [4.69, 9.17) is 0 Å². The van der Waals surface area contributed by atoms with Crippen molar-refractivity contribution in [1.29, 1.82) is 0 Å². The van der Waals surface area contributed by atoms with Crippen molar-refractivity contribution in [3.63, 3.8) is 0 Å². The molecule has 1 fully saturated rings. The first-order chi connectivity index (χ1) is 12.4. The van der Waals surface area contributed by atoms with E-state index in [2.05, 4.69) is 20.4 Å². The lowest BCUT2D eigenvalue weighted by atomic mass is 10.0. The van der Waals surface area contributed by atoms with Gasteiger partial charge in [0.1, 0.15) is 18.2 Å². The third kappa shape index (κ3) is 3.58. The molecule has 8 nitrogen and oxygen atoms in total. The molecule has 26 heavy (non-hydrogen) atoms. The van der Waals surface area contributed by atoms with E-state index in [0.717, 1.165) is 24.2 Å². The fraction of sp³-hybridized carbons (Fsp3) is 0.500. The van der Waals surface area contributed by atoms with Crippen molar-refractivity contribution in [3.05, 3.63) is 42.2 Å². The summed E-state index contributed by atoms with van der Waals surface area (Å²) in [6.07, 6.45) is 4.80. The van der Waals surface area contributed by atoms with Gasteiger partial charge >= 0.3 is 0 Å². The monoisotopic (exact) mass is 356 g/mol. The standard InChI is InChI=1S/C18H24N6O2/c1-13(25)20-10-14-6-4-7-15(22-14)16-8-5-9-23(16)17(26)18(2,3)24-12-19-11-21-24/h4,6-7,11-12,16H,5,8-10H2,1-3H3,(H,20,25). The van der Waals surface area contributed by atoms with Gasteiger partial charge in [-0.15, -0.1) is 0 Å². The second kappa shape index (κ2) is 7.23. The summed E-state index contributed by atoms with van der Waals surface area (Å²) in [6, 6.07) is 5.67. The average Bonchev–Trinajstić information content (AvgIpc) is 3.31. The highest BCUT2D eigenvalue weighted by Crippen LogP contribution is 2.34. The predicted molar refractivity (Wildman–Crippen MR) is 94.8 cm³/mol. The molecule has 0 aromatic carbocycles. The molecule has 0 bridgehead atoms. The molecular weight excluding hydrogens is 332 g/mol. The molecule has 8 heteroatoms. The van der Waals surface area contributed by atoms with Gasteiger partial charge in [0, 0.05) is 13.5 Å². The highest BCUT2D eigenvalue weighted by Gasteiger charge is 2.40. The van der Waals surface area contributed by atoms with Crippen molar-refractivity contribution in [1.82, 2.24) is 30.0 Å². The maximum atomic E-state index is 13.2. The summed E-state index contributed by atoms with van der Waals surface area (Å²) in [4.78, 5) is 34.8. The first kappa shape index (κ1) is 18.0. The zero-order chi connectivity index (χ0) is 18.7. The molecular formula is C18H24N6O2. The van der Waals surface area contributed by atoms with Crippen molar-refractivity contribution in [3.8, 4) is 0 Å². The average molecular weight is 356 g/mol. The molecule has 0 saturated carbocycles. The van der Waals surface area contributed by atoms with Crippen molar-refractivity contribution < 1.29 is 9.59 Å². The minimum Gasteiger partial charge on any atom is -0.351 e. The second-order valence-electron chi connectivity index (χ2n) is 7.02. The number of carbonyl (C=O) groups excluding carboxylic acids is 2. The van der Waals surface area contributed by atoms with Gasteiger partial charge in [0.25, 0.3) is 5.91 Å². The van der Waals surface area contributed by atoms with Crippen molar-refractivity contribution in [2.45, 2.75) is 51.7 Å². The molecule has 0 aliphatic carbocycles. The molecule has 1 N–H and O–H groups in total. The van der Waals surface area contributed by atoms with Crippen LogP contribution < -0.4 is 5.32 Å². The zero-order valence-electron chi connectivity index (χ0n) is 15.3. The number of amides is 2. The molecule has 1 aliphatic heterocycles. The molecule has 1 aliphatic rings. The van der Waals surface area contributed by atoms with Crippen molar-refractivity contribution in [2.75, 3.05) is 6.54 Å². The lowest BCUT2D eigenvalue weighted by molar-refractivity contribution is -0.140. The highest BCUT2D eigenvalue weighted by atomic mass is 16.2. The summed E-state index contributed by atoms with van der Waals surface area (Å²) in [5, 5.41) is 6.89. The Morgan fingerprint density at radius 2 is 2.15 bits per heavy atom. The summed E-state index contributed by atoms with van der Waals surface area (Å²) < 4.78 is 1.59. The van der Waals surface area contributed by atoms with Crippen molar-refractivity contribution in [2.24, 2.45) is 0 Å². The molecule has 2 aromatic heterocycles. The Balaban J connectivity index is 1.81. The van der Waals surface area contributed by atoms with Gasteiger partial charge in [-0.05, 0) is 38.8 Å². The van der Waals surface area contributed by atoms with Crippen LogP contribution in [-0.4, -0.2) is 43.0 Å². The van der Waals surface area contributed by atoms with Crippen LogP contribution in [0.5, 0.6) is 0 Å². The normalized spacial score (nSPS) is 17.3. The van der Waals surface area contributed by atoms with Crippen molar-refractivity contribution >= 4 is 11.8 Å². The fourth-order valence-electron chi connectivity index (χ4n) is 3.26. The summed E-state index contributed by atoms with van der Waals surface area (Å²) in [6.45, 7) is 6.25. The second-order valence-corrected chi connectivity index (χ2v) is 7.02. The number of pyridine rings is 1. The van der Waals surface area contributed by atoms with E-state index in [1.165, 1.54) is 13.3 Å². The van der Waals surface area contributed by atoms with E-state index < -0.39 is 5.54 Å². The number of rotatable bonds is 5. The fourth-order valence-corrected chi connectivity index (χ4v) is 3.26. The number of nitrogens with zero attached hydrogens (tertiary/aromatic N) is 5. The number of nitrogens with one attached hydrogen (secondary N) is 1. The maximum absolute atomic E-state index is 13.2. The molecule has 138 valence electrons. The maximum Gasteiger partial charge on any atom is 0.250 e. The van der Waals surface area contributed by atoms with Crippen LogP contribution in [0.25, 0.3) is 0 Å². The topological polar surface area (TPSA) is 93.0 Å². The molecule has 3 heterocycles. The van der Waals surface area contributed by atoms with Crippen LogP contribution in [0.15, 0.2) is 30.9 Å². The Bertz CT molecular complexity index is 787. The molecule has 2 aromatic rings. The molecule has 2 amide bonds. The zero-order valence-corrected chi connectivity index (χ0v) is 15.3. The van der Waals surface area contributed by atoms with Gasteiger partial charge in [0.05, 0.1) is 24.0 Å². The Morgan fingerprint density at radius 1 is 1.35 bits per heavy atom. The Labute approximate surface area is 152 Å². The van der Waals surface area contributed by atoms with Crippen LogP contribution in [0.2, 0.25) is 0 Å². The van der Waals surface area contributed by atoms with E-state index in [0.29, 0.717) is 13.1 Å². The summed E-state index contributed by atoms with van der Waals surface area (Å²) in [5.74, 6) is -0.0935. The van der Waals surface area contributed by atoms with E-state index in [9.17, 15) is 9.59 Å². The van der Waals surface area contributed by atoms with E-state index in [-0.39, 0.29) is 17.9 Å². The third-order valence-corrected chi connectivity index (χ3v) is 4.72. The van der Waals surface area contributed by atoms with Gasteiger partial charge in [-0.2, -0.15) is 5.10 Å². The smallest absolute Gasteiger partial charge is 0.250 e. The Morgan fingerprint density at radius 3 is 2.85 bits per heavy atom. The van der Waals surface area contributed by atoms with E-state index in [1.807, 2.05) is 36.9 Å². The van der Waals surface area contributed by atoms with Gasteiger partial charge < -0.3 is 10.2 Å². The molecule has 1 unspecified atom stereocenters. The largest absolute Gasteiger partial charge is 0.351 e. The summed E-state index contributed by atoms with van der Waals surface area (Å²) >= 11 is 0. The number of likely N-dealkylation sites (tertiary alicyclic amines) is 1. The lowest BCUT2D eigenvalue weighted by Gasteiger charge is -2.33.